The van der Waals surface area contributed by atoms with Gasteiger partial charge in [0.05, 0.1) is 11.8 Å². The van der Waals surface area contributed by atoms with Crippen LogP contribution in [0.2, 0.25) is 0 Å². The zero-order valence-corrected chi connectivity index (χ0v) is 20.5. The highest BCUT2D eigenvalue weighted by atomic mass is 16.2. The van der Waals surface area contributed by atoms with E-state index in [-0.39, 0.29) is 17.7 Å². The first-order chi connectivity index (χ1) is 16.0. The predicted molar refractivity (Wildman–Crippen MR) is 133 cm³/mol. The molecule has 7 unspecified atom stereocenters. The smallest absolute Gasteiger partial charge is 0.224 e. The number of carbonyl (C=O) groups is 1. The Morgan fingerprint density at radius 3 is 2.42 bits per heavy atom. The van der Waals surface area contributed by atoms with E-state index in [0.29, 0.717) is 29.9 Å². The van der Waals surface area contributed by atoms with Gasteiger partial charge in [-0.25, -0.2) is 0 Å². The van der Waals surface area contributed by atoms with E-state index >= 15 is 0 Å². The Hall–Kier alpha value is -1.14. The third kappa shape index (κ3) is 5.27. The van der Waals surface area contributed by atoms with Crippen LogP contribution in [0.25, 0.3) is 0 Å². The Bertz CT molecular complexity index is 705. The van der Waals surface area contributed by atoms with E-state index in [1.165, 1.54) is 44.9 Å². The second-order valence-corrected chi connectivity index (χ2v) is 12.4. The van der Waals surface area contributed by atoms with E-state index in [1.807, 2.05) is 0 Å². The first kappa shape index (κ1) is 23.6. The number of rotatable bonds is 5. The van der Waals surface area contributed by atoms with E-state index < -0.39 is 0 Å². The van der Waals surface area contributed by atoms with Crippen molar-refractivity contribution < 1.29 is 4.79 Å². The maximum atomic E-state index is 13.5. The van der Waals surface area contributed by atoms with Gasteiger partial charge in [0.25, 0.3) is 0 Å². The predicted octanol–water partition coefficient (Wildman–Crippen LogP) is 3.63. The number of amidine groups is 1. The third-order valence-electron chi connectivity index (χ3n) is 10.3. The van der Waals surface area contributed by atoms with Gasteiger partial charge in [-0.3, -0.25) is 15.1 Å². The molecule has 6 nitrogen and oxygen atoms in total. The molecule has 1 saturated heterocycles. The first-order valence-electron chi connectivity index (χ1n) is 14.1. The molecule has 7 atom stereocenters. The number of hydrogen-bond donors (Lipinski definition) is 4. The second kappa shape index (κ2) is 10.2. The summed E-state index contributed by atoms with van der Waals surface area (Å²) in [6.07, 6.45) is 17.0. The van der Waals surface area contributed by atoms with E-state index in [0.717, 1.165) is 75.8 Å². The van der Waals surface area contributed by atoms with Gasteiger partial charge in [-0.05, 0) is 87.9 Å². The summed E-state index contributed by atoms with van der Waals surface area (Å²) in [5, 5.41) is 11.5. The quantitative estimate of drug-likeness (QED) is 0.373. The highest BCUT2D eigenvalue weighted by Crippen LogP contribution is 2.46. The molecule has 5 fully saturated rings. The highest BCUT2D eigenvalue weighted by Gasteiger charge is 2.49. The Morgan fingerprint density at radius 2 is 1.67 bits per heavy atom. The normalized spacial score (nSPS) is 44.0. The van der Waals surface area contributed by atoms with Gasteiger partial charge in [0.1, 0.15) is 0 Å². The summed E-state index contributed by atoms with van der Waals surface area (Å²) in [5.74, 6) is 4.08. The van der Waals surface area contributed by atoms with E-state index in [1.54, 1.807) is 0 Å². The molecule has 6 heteroatoms. The summed E-state index contributed by atoms with van der Waals surface area (Å²) in [5.41, 5.74) is 12.0. The average molecular weight is 458 g/mol. The van der Waals surface area contributed by atoms with Gasteiger partial charge in [0, 0.05) is 37.1 Å². The number of amides is 1. The van der Waals surface area contributed by atoms with Crippen molar-refractivity contribution in [2.75, 3.05) is 13.1 Å². The molecule has 5 aliphatic rings. The average Bonchev–Trinajstić information content (AvgIpc) is 3.18. The van der Waals surface area contributed by atoms with Gasteiger partial charge in [0.2, 0.25) is 5.91 Å². The fraction of sp³-hybridized carbons (Fsp3) is 0.926. The zero-order chi connectivity index (χ0) is 22.9. The summed E-state index contributed by atoms with van der Waals surface area (Å²) >= 11 is 0. The zero-order valence-electron chi connectivity index (χ0n) is 20.5. The summed E-state index contributed by atoms with van der Waals surface area (Å²) in [7, 11) is 0. The lowest BCUT2D eigenvalue weighted by Gasteiger charge is -2.42. The SMILES string of the molecule is N=C(N)C1CCC2C(C(=O)NC3CCC(N)CC3)CN(CC3CCC4CCCCC4C3)C2C1. The number of carbonyl (C=O) groups excluding carboxylic acids is 1. The first-order valence-corrected chi connectivity index (χ1v) is 14.1. The van der Waals surface area contributed by atoms with Gasteiger partial charge < -0.3 is 16.8 Å². The number of nitrogens with two attached hydrogens (primary N) is 2. The molecule has 186 valence electrons. The Balaban J connectivity index is 1.24. The van der Waals surface area contributed by atoms with Crippen LogP contribution in [0.3, 0.4) is 0 Å². The lowest BCUT2D eigenvalue weighted by Crippen LogP contribution is -2.45. The maximum absolute atomic E-state index is 13.5. The van der Waals surface area contributed by atoms with Crippen molar-refractivity contribution in [3.8, 4) is 0 Å². The van der Waals surface area contributed by atoms with Crippen LogP contribution in [0.4, 0.5) is 0 Å². The molecular weight excluding hydrogens is 410 g/mol. The summed E-state index contributed by atoms with van der Waals surface area (Å²) in [6.45, 7) is 2.06. The second-order valence-electron chi connectivity index (χ2n) is 12.4. The van der Waals surface area contributed by atoms with Gasteiger partial charge in [-0.1, -0.05) is 25.7 Å². The lowest BCUT2D eigenvalue weighted by molar-refractivity contribution is -0.127. The van der Waals surface area contributed by atoms with E-state index in [2.05, 4.69) is 10.2 Å². The molecule has 4 saturated carbocycles. The molecule has 4 aliphatic carbocycles. The van der Waals surface area contributed by atoms with E-state index in [4.69, 9.17) is 16.9 Å². The van der Waals surface area contributed by atoms with Crippen LogP contribution >= 0.6 is 0 Å². The van der Waals surface area contributed by atoms with Crippen molar-refractivity contribution in [2.45, 2.75) is 108 Å². The molecule has 0 aromatic carbocycles. The topological polar surface area (TPSA) is 108 Å². The van der Waals surface area contributed by atoms with Crippen LogP contribution in [-0.2, 0) is 4.79 Å². The molecule has 5 rings (SSSR count). The van der Waals surface area contributed by atoms with Crippen LogP contribution < -0.4 is 16.8 Å². The van der Waals surface area contributed by atoms with Crippen molar-refractivity contribution >= 4 is 11.7 Å². The Morgan fingerprint density at radius 1 is 0.909 bits per heavy atom. The molecule has 0 aromatic rings. The Labute approximate surface area is 200 Å². The van der Waals surface area contributed by atoms with Gasteiger partial charge in [-0.15, -0.1) is 0 Å². The minimum absolute atomic E-state index is 0.101. The van der Waals surface area contributed by atoms with Crippen LogP contribution in [0.5, 0.6) is 0 Å². The lowest BCUT2D eigenvalue weighted by atomic mass is 9.67. The minimum Gasteiger partial charge on any atom is -0.387 e. The van der Waals surface area contributed by atoms with Crippen molar-refractivity contribution in [3.05, 3.63) is 0 Å². The fourth-order valence-electron chi connectivity index (χ4n) is 8.39. The standard InChI is InChI=1S/C27H47N5O/c28-21-8-10-22(11-9-21)31-27(33)24-16-32(25-14-20(26(29)30)7-12-23(24)25)15-17-5-6-18-3-1-2-4-19(18)13-17/h17-25H,1-16,28H2,(H3,29,30)(H,31,33). The number of nitrogens with one attached hydrogen (secondary N) is 2. The molecule has 0 spiro atoms. The molecule has 1 amide bonds. The summed E-state index contributed by atoms with van der Waals surface area (Å²) in [4.78, 5) is 16.1. The van der Waals surface area contributed by atoms with Crippen molar-refractivity contribution in [1.29, 1.82) is 5.41 Å². The van der Waals surface area contributed by atoms with Gasteiger partial charge >= 0.3 is 0 Å². The molecular formula is C27H47N5O. The summed E-state index contributed by atoms with van der Waals surface area (Å²) < 4.78 is 0. The van der Waals surface area contributed by atoms with Crippen LogP contribution in [0, 0.1) is 40.9 Å². The van der Waals surface area contributed by atoms with Crippen molar-refractivity contribution in [2.24, 2.45) is 47.0 Å². The van der Waals surface area contributed by atoms with Gasteiger partial charge in [0.15, 0.2) is 0 Å². The number of likely N-dealkylation sites (tertiary alicyclic amines) is 1. The van der Waals surface area contributed by atoms with Crippen LogP contribution in [0.1, 0.15) is 89.9 Å². The molecule has 0 radical (unpaired) electrons. The van der Waals surface area contributed by atoms with Crippen molar-refractivity contribution in [3.63, 3.8) is 0 Å². The molecule has 1 heterocycles. The Kier molecular flexibility index (Phi) is 7.31. The number of hydrogen-bond acceptors (Lipinski definition) is 4. The molecule has 1 aliphatic heterocycles. The molecule has 0 bridgehead atoms. The number of nitrogens with zero attached hydrogens (tertiary/aromatic N) is 1. The van der Waals surface area contributed by atoms with E-state index in [9.17, 15) is 4.79 Å². The van der Waals surface area contributed by atoms with Gasteiger partial charge in [-0.2, -0.15) is 0 Å². The third-order valence-corrected chi connectivity index (χ3v) is 10.3. The van der Waals surface area contributed by atoms with Crippen LogP contribution in [0.15, 0.2) is 0 Å². The molecule has 33 heavy (non-hydrogen) atoms. The largest absolute Gasteiger partial charge is 0.387 e. The molecule has 0 aromatic heterocycles. The highest BCUT2D eigenvalue weighted by molar-refractivity contribution is 5.81. The summed E-state index contributed by atoms with van der Waals surface area (Å²) in [6, 6.07) is 1.04. The monoisotopic (exact) mass is 457 g/mol. The molecule has 6 N–H and O–H groups in total. The number of fused-ring (bicyclic) bond motifs is 2. The fourth-order valence-corrected chi connectivity index (χ4v) is 8.39. The minimum atomic E-state index is 0.101. The van der Waals surface area contributed by atoms with Crippen LogP contribution in [-0.4, -0.2) is 47.9 Å². The van der Waals surface area contributed by atoms with Crippen molar-refractivity contribution in [1.82, 2.24) is 10.2 Å². The maximum Gasteiger partial charge on any atom is 0.224 e.